The monoisotopic (exact) mass is 234 g/mol. The summed E-state index contributed by atoms with van der Waals surface area (Å²) in [5.41, 5.74) is 6.69. The fourth-order valence-electron chi connectivity index (χ4n) is 1.96. The molecule has 1 amide bonds. The Morgan fingerprint density at radius 2 is 2.35 bits per heavy atom. The third kappa shape index (κ3) is 3.46. The Labute approximate surface area is 101 Å². The van der Waals surface area contributed by atoms with Gasteiger partial charge in [0.25, 0.3) is 0 Å². The number of benzene rings is 1. The van der Waals surface area contributed by atoms with Crippen LogP contribution in [0.3, 0.4) is 0 Å². The summed E-state index contributed by atoms with van der Waals surface area (Å²) in [4.78, 5) is 11.0. The van der Waals surface area contributed by atoms with Crippen LogP contribution in [-0.2, 0) is 11.2 Å². The van der Waals surface area contributed by atoms with Crippen LogP contribution in [0.15, 0.2) is 24.3 Å². The molecule has 92 valence electrons. The van der Waals surface area contributed by atoms with E-state index in [4.69, 9.17) is 10.5 Å². The summed E-state index contributed by atoms with van der Waals surface area (Å²) in [6.45, 7) is 1.18. The van der Waals surface area contributed by atoms with Gasteiger partial charge < -0.3 is 15.8 Å². The first kappa shape index (κ1) is 11.9. The predicted molar refractivity (Wildman–Crippen MR) is 65.9 cm³/mol. The number of carbonyl (C=O) groups excluding carboxylic acids is 1. The number of nitrogens with two attached hydrogens (primary N) is 1. The van der Waals surface area contributed by atoms with Gasteiger partial charge in [0.1, 0.15) is 12.4 Å². The second-order valence-corrected chi connectivity index (χ2v) is 4.30. The first-order chi connectivity index (χ1) is 8.28. The summed E-state index contributed by atoms with van der Waals surface area (Å²) in [5.74, 6) is 0.965. The van der Waals surface area contributed by atoms with Crippen molar-refractivity contribution in [2.45, 2.75) is 25.3 Å². The molecule has 2 rings (SSSR count). The quantitative estimate of drug-likeness (QED) is 0.793. The van der Waals surface area contributed by atoms with E-state index in [1.807, 2.05) is 24.3 Å². The van der Waals surface area contributed by atoms with Gasteiger partial charge in [-0.05, 0) is 37.1 Å². The molecule has 0 aromatic heterocycles. The number of hydrogen-bond donors (Lipinski definition) is 2. The molecule has 1 aromatic carbocycles. The van der Waals surface area contributed by atoms with Crippen LogP contribution in [0, 0.1) is 0 Å². The standard InChI is InChI=1S/C13H18N2O2/c14-7-6-10-2-1-3-12(8-10)17-9-11-4-5-13(16)15-11/h1-3,8,11H,4-7,9,14H2,(H,15,16). The van der Waals surface area contributed by atoms with E-state index in [1.54, 1.807) is 0 Å². The molecule has 0 radical (unpaired) electrons. The largest absolute Gasteiger partial charge is 0.491 e. The lowest BCUT2D eigenvalue weighted by molar-refractivity contribution is -0.119. The Hall–Kier alpha value is -1.55. The SMILES string of the molecule is NCCc1cccc(OCC2CCC(=O)N2)c1. The molecule has 1 aromatic rings. The average Bonchev–Trinajstić information content (AvgIpc) is 2.74. The van der Waals surface area contributed by atoms with E-state index >= 15 is 0 Å². The highest BCUT2D eigenvalue weighted by Crippen LogP contribution is 2.15. The normalized spacial score (nSPS) is 19.1. The first-order valence-corrected chi connectivity index (χ1v) is 5.99. The van der Waals surface area contributed by atoms with Crippen molar-refractivity contribution in [3.8, 4) is 5.75 Å². The van der Waals surface area contributed by atoms with Crippen molar-refractivity contribution in [2.75, 3.05) is 13.2 Å². The Morgan fingerprint density at radius 3 is 3.06 bits per heavy atom. The number of carbonyl (C=O) groups is 1. The lowest BCUT2D eigenvalue weighted by Crippen LogP contribution is -2.30. The van der Waals surface area contributed by atoms with Crippen molar-refractivity contribution in [1.29, 1.82) is 0 Å². The van der Waals surface area contributed by atoms with E-state index in [0.29, 0.717) is 19.6 Å². The minimum absolute atomic E-state index is 0.121. The lowest BCUT2D eigenvalue weighted by Gasteiger charge is -2.12. The van der Waals surface area contributed by atoms with Gasteiger partial charge in [-0.15, -0.1) is 0 Å². The van der Waals surface area contributed by atoms with E-state index in [9.17, 15) is 4.79 Å². The summed E-state index contributed by atoms with van der Waals surface area (Å²) >= 11 is 0. The molecule has 1 heterocycles. The zero-order chi connectivity index (χ0) is 12.1. The van der Waals surface area contributed by atoms with Gasteiger partial charge in [0, 0.05) is 6.42 Å². The number of nitrogens with one attached hydrogen (secondary N) is 1. The minimum Gasteiger partial charge on any atom is -0.491 e. The van der Waals surface area contributed by atoms with Crippen LogP contribution < -0.4 is 15.8 Å². The second-order valence-electron chi connectivity index (χ2n) is 4.30. The maximum atomic E-state index is 11.0. The van der Waals surface area contributed by atoms with E-state index < -0.39 is 0 Å². The molecule has 0 saturated carbocycles. The minimum atomic E-state index is 0.121. The van der Waals surface area contributed by atoms with Gasteiger partial charge in [-0.25, -0.2) is 0 Å². The zero-order valence-corrected chi connectivity index (χ0v) is 9.82. The van der Waals surface area contributed by atoms with Gasteiger partial charge in [0.15, 0.2) is 0 Å². The first-order valence-electron chi connectivity index (χ1n) is 5.99. The van der Waals surface area contributed by atoms with Gasteiger partial charge in [-0.2, -0.15) is 0 Å². The number of rotatable bonds is 5. The van der Waals surface area contributed by atoms with Crippen molar-refractivity contribution < 1.29 is 9.53 Å². The Morgan fingerprint density at radius 1 is 1.47 bits per heavy atom. The highest BCUT2D eigenvalue weighted by atomic mass is 16.5. The smallest absolute Gasteiger partial charge is 0.220 e. The second kappa shape index (κ2) is 5.68. The van der Waals surface area contributed by atoms with Crippen molar-refractivity contribution in [2.24, 2.45) is 5.73 Å². The number of amides is 1. The Balaban J connectivity index is 1.85. The summed E-state index contributed by atoms with van der Waals surface area (Å²) in [7, 11) is 0. The summed E-state index contributed by atoms with van der Waals surface area (Å²) in [6, 6.07) is 8.09. The van der Waals surface area contributed by atoms with Crippen molar-refractivity contribution in [1.82, 2.24) is 5.32 Å². The van der Waals surface area contributed by atoms with Crippen molar-refractivity contribution in [3.63, 3.8) is 0 Å². The molecule has 4 heteroatoms. The molecule has 1 aliphatic rings. The van der Waals surface area contributed by atoms with Gasteiger partial charge in [-0.3, -0.25) is 4.79 Å². The molecule has 1 aliphatic heterocycles. The van der Waals surface area contributed by atoms with Crippen LogP contribution >= 0.6 is 0 Å². The summed E-state index contributed by atoms with van der Waals surface area (Å²) < 4.78 is 5.67. The third-order valence-corrected chi connectivity index (χ3v) is 2.87. The molecule has 1 atom stereocenters. The molecule has 0 bridgehead atoms. The van der Waals surface area contributed by atoms with Gasteiger partial charge >= 0.3 is 0 Å². The number of ether oxygens (including phenoxy) is 1. The molecule has 3 N–H and O–H groups in total. The third-order valence-electron chi connectivity index (χ3n) is 2.87. The molecule has 1 fully saturated rings. The fourth-order valence-corrected chi connectivity index (χ4v) is 1.96. The van der Waals surface area contributed by atoms with E-state index in [0.717, 1.165) is 18.6 Å². The highest BCUT2D eigenvalue weighted by Gasteiger charge is 2.20. The zero-order valence-electron chi connectivity index (χ0n) is 9.82. The van der Waals surface area contributed by atoms with Crippen LogP contribution in [0.4, 0.5) is 0 Å². The van der Waals surface area contributed by atoms with Gasteiger partial charge in [0.05, 0.1) is 6.04 Å². The molecular weight excluding hydrogens is 216 g/mol. The van der Waals surface area contributed by atoms with Crippen LogP contribution in [0.1, 0.15) is 18.4 Å². The molecule has 1 unspecified atom stereocenters. The summed E-state index contributed by atoms with van der Waals surface area (Å²) in [5, 5.41) is 2.88. The van der Waals surface area contributed by atoms with Crippen LogP contribution in [-0.4, -0.2) is 25.1 Å². The van der Waals surface area contributed by atoms with Crippen molar-refractivity contribution in [3.05, 3.63) is 29.8 Å². The number of hydrogen-bond acceptors (Lipinski definition) is 3. The molecule has 17 heavy (non-hydrogen) atoms. The topological polar surface area (TPSA) is 64.3 Å². The molecule has 0 aliphatic carbocycles. The van der Waals surface area contributed by atoms with Crippen LogP contribution in [0.5, 0.6) is 5.75 Å². The maximum absolute atomic E-state index is 11.0. The van der Waals surface area contributed by atoms with Crippen molar-refractivity contribution >= 4 is 5.91 Å². The van der Waals surface area contributed by atoms with Crippen LogP contribution in [0.2, 0.25) is 0 Å². The van der Waals surface area contributed by atoms with E-state index in [-0.39, 0.29) is 11.9 Å². The van der Waals surface area contributed by atoms with Gasteiger partial charge in [-0.1, -0.05) is 12.1 Å². The molecular formula is C13H18N2O2. The van der Waals surface area contributed by atoms with Crippen LogP contribution in [0.25, 0.3) is 0 Å². The average molecular weight is 234 g/mol. The highest BCUT2D eigenvalue weighted by molar-refractivity contribution is 5.78. The van der Waals surface area contributed by atoms with E-state index in [1.165, 1.54) is 5.56 Å². The maximum Gasteiger partial charge on any atom is 0.220 e. The van der Waals surface area contributed by atoms with Gasteiger partial charge in [0.2, 0.25) is 5.91 Å². The Bertz CT molecular complexity index is 393. The van der Waals surface area contributed by atoms with E-state index in [2.05, 4.69) is 5.32 Å². The fraction of sp³-hybridized carbons (Fsp3) is 0.462. The molecule has 0 spiro atoms. The molecule has 4 nitrogen and oxygen atoms in total. The summed E-state index contributed by atoms with van der Waals surface area (Å²) in [6.07, 6.45) is 2.33. The Kier molecular flexibility index (Phi) is 3.98. The lowest BCUT2D eigenvalue weighted by atomic mass is 10.1. The predicted octanol–water partition coefficient (Wildman–Crippen LogP) is 0.845. The molecule has 1 saturated heterocycles.